The van der Waals surface area contributed by atoms with Crippen LogP contribution < -0.4 is 5.73 Å². The maximum atomic E-state index is 10.3. The van der Waals surface area contributed by atoms with Crippen molar-refractivity contribution in [2.75, 3.05) is 19.8 Å². The number of rotatable bonds is 3. The molecule has 82 valence electrons. The molecule has 0 amide bonds. The smallest absolute Gasteiger partial charge is 0.0659 e. The molecule has 2 aliphatic rings. The Bertz CT molecular complexity index is 184. The quantitative estimate of drug-likeness (QED) is 0.710. The van der Waals surface area contributed by atoms with Gasteiger partial charge in [-0.15, -0.1) is 0 Å². The van der Waals surface area contributed by atoms with Gasteiger partial charge in [0.1, 0.15) is 0 Å². The number of hydrogen-bond acceptors (Lipinski definition) is 3. The Morgan fingerprint density at radius 2 is 2.14 bits per heavy atom. The standard InChI is InChI=1S/C11H21NO2/c12-7-11(5-6-14-8-11)10(13)9-3-1-2-4-9/h9-10,13H,1-8,12H2. The number of aliphatic hydroxyl groups excluding tert-OH is 1. The molecule has 2 unspecified atom stereocenters. The van der Waals surface area contributed by atoms with Crippen LogP contribution in [0.25, 0.3) is 0 Å². The Morgan fingerprint density at radius 3 is 2.64 bits per heavy atom. The lowest BCUT2D eigenvalue weighted by atomic mass is 9.75. The first kappa shape index (κ1) is 10.4. The van der Waals surface area contributed by atoms with Crippen molar-refractivity contribution in [3.8, 4) is 0 Å². The maximum Gasteiger partial charge on any atom is 0.0659 e. The highest BCUT2D eigenvalue weighted by atomic mass is 16.5. The molecule has 2 fully saturated rings. The Kier molecular flexibility index (Phi) is 3.10. The van der Waals surface area contributed by atoms with E-state index < -0.39 is 0 Å². The Balaban J connectivity index is 2.02. The lowest BCUT2D eigenvalue weighted by molar-refractivity contribution is -0.0182. The molecule has 0 aromatic rings. The molecular formula is C11H21NO2. The van der Waals surface area contributed by atoms with Gasteiger partial charge in [-0.25, -0.2) is 0 Å². The van der Waals surface area contributed by atoms with Crippen LogP contribution in [0.5, 0.6) is 0 Å². The normalized spacial score (nSPS) is 36.4. The van der Waals surface area contributed by atoms with Crippen molar-refractivity contribution < 1.29 is 9.84 Å². The molecule has 1 saturated carbocycles. The summed E-state index contributed by atoms with van der Waals surface area (Å²) < 4.78 is 5.39. The van der Waals surface area contributed by atoms with Gasteiger partial charge in [-0.3, -0.25) is 0 Å². The van der Waals surface area contributed by atoms with Crippen molar-refractivity contribution in [1.29, 1.82) is 0 Å². The predicted octanol–water partition coefficient (Wildman–Crippen LogP) is 0.903. The molecule has 1 saturated heterocycles. The van der Waals surface area contributed by atoms with Crippen LogP contribution in [-0.4, -0.2) is 31.0 Å². The lowest BCUT2D eigenvalue weighted by Crippen LogP contribution is -2.45. The van der Waals surface area contributed by atoms with E-state index in [1.807, 2.05) is 0 Å². The van der Waals surface area contributed by atoms with Crippen molar-refractivity contribution in [1.82, 2.24) is 0 Å². The summed E-state index contributed by atoms with van der Waals surface area (Å²) >= 11 is 0. The van der Waals surface area contributed by atoms with Crippen molar-refractivity contribution >= 4 is 0 Å². The largest absolute Gasteiger partial charge is 0.392 e. The molecule has 0 spiro atoms. The van der Waals surface area contributed by atoms with E-state index >= 15 is 0 Å². The monoisotopic (exact) mass is 199 g/mol. The van der Waals surface area contributed by atoms with Crippen molar-refractivity contribution in [3.63, 3.8) is 0 Å². The highest BCUT2D eigenvalue weighted by Gasteiger charge is 2.44. The van der Waals surface area contributed by atoms with Crippen LogP contribution in [0.15, 0.2) is 0 Å². The van der Waals surface area contributed by atoms with Crippen molar-refractivity contribution in [2.45, 2.75) is 38.2 Å². The van der Waals surface area contributed by atoms with Gasteiger partial charge in [-0.2, -0.15) is 0 Å². The van der Waals surface area contributed by atoms with Crippen LogP contribution in [0.3, 0.4) is 0 Å². The van der Waals surface area contributed by atoms with Gasteiger partial charge >= 0.3 is 0 Å². The molecule has 2 rings (SSSR count). The molecule has 2 atom stereocenters. The van der Waals surface area contributed by atoms with Crippen LogP contribution in [0.2, 0.25) is 0 Å². The maximum absolute atomic E-state index is 10.3. The third kappa shape index (κ3) is 1.69. The van der Waals surface area contributed by atoms with Gasteiger partial charge in [0.05, 0.1) is 12.7 Å². The third-order valence-corrected chi connectivity index (χ3v) is 4.01. The number of aliphatic hydroxyl groups is 1. The molecule has 0 aromatic carbocycles. The first-order valence-electron chi connectivity index (χ1n) is 5.74. The van der Waals surface area contributed by atoms with Gasteiger partial charge in [-0.1, -0.05) is 12.8 Å². The molecule has 3 nitrogen and oxygen atoms in total. The summed E-state index contributed by atoms with van der Waals surface area (Å²) in [4.78, 5) is 0. The zero-order chi connectivity index (χ0) is 10.0. The molecule has 0 radical (unpaired) electrons. The Hall–Kier alpha value is -0.120. The zero-order valence-corrected chi connectivity index (χ0v) is 8.74. The van der Waals surface area contributed by atoms with Crippen LogP contribution in [0.4, 0.5) is 0 Å². The van der Waals surface area contributed by atoms with E-state index in [0.717, 1.165) is 13.0 Å². The first-order valence-corrected chi connectivity index (χ1v) is 5.74. The van der Waals surface area contributed by atoms with Gasteiger partial charge in [0.25, 0.3) is 0 Å². The fourth-order valence-electron chi connectivity index (χ4n) is 2.91. The van der Waals surface area contributed by atoms with E-state index in [1.54, 1.807) is 0 Å². The van der Waals surface area contributed by atoms with Crippen LogP contribution in [0, 0.1) is 11.3 Å². The summed E-state index contributed by atoms with van der Waals surface area (Å²) in [5.74, 6) is 0.472. The minimum Gasteiger partial charge on any atom is -0.392 e. The molecule has 1 aliphatic heterocycles. The highest BCUT2D eigenvalue weighted by Crippen LogP contribution is 2.40. The SMILES string of the molecule is NCC1(C(O)C2CCCC2)CCOC1. The van der Waals surface area contributed by atoms with Gasteiger partial charge in [0.2, 0.25) is 0 Å². The summed E-state index contributed by atoms with van der Waals surface area (Å²) in [7, 11) is 0. The molecule has 14 heavy (non-hydrogen) atoms. The Morgan fingerprint density at radius 1 is 1.43 bits per heavy atom. The second-order valence-electron chi connectivity index (χ2n) is 4.86. The summed E-state index contributed by atoms with van der Waals surface area (Å²) in [6, 6.07) is 0. The van der Waals surface area contributed by atoms with Gasteiger partial charge < -0.3 is 15.6 Å². The molecule has 3 heteroatoms. The number of nitrogens with two attached hydrogens (primary N) is 1. The minimum absolute atomic E-state index is 0.130. The number of ether oxygens (including phenoxy) is 1. The van der Waals surface area contributed by atoms with Crippen LogP contribution in [-0.2, 0) is 4.74 Å². The molecule has 0 aromatic heterocycles. The first-order chi connectivity index (χ1) is 6.78. The van der Waals surface area contributed by atoms with Crippen LogP contribution in [0.1, 0.15) is 32.1 Å². The second kappa shape index (κ2) is 4.17. The average Bonchev–Trinajstić information content (AvgIpc) is 2.89. The summed E-state index contributed by atoms with van der Waals surface area (Å²) in [5, 5.41) is 10.3. The van der Waals surface area contributed by atoms with Crippen molar-refractivity contribution in [3.05, 3.63) is 0 Å². The third-order valence-electron chi connectivity index (χ3n) is 4.01. The van der Waals surface area contributed by atoms with Gasteiger partial charge in [0.15, 0.2) is 0 Å². The molecule has 1 aliphatic carbocycles. The van der Waals surface area contributed by atoms with Crippen LogP contribution >= 0.6 is 0 Å². The molecular weight excluding hydrogens is 178 g/mol. The Labute approximate surface area is 85.6 Å². The fraction of sp³-hybridized carbons (Fsp3) is 1.00. The zero-order valence-electron chi connectivity index (χ0n) is 8.74. The second-order valence-corrected chi connectivity index (χ2v) is 4.86. The van der Waals surface area contributed by atoms with E-state index in [0.29, 0.717) is 19.1 Å². The van der Waals surface area contributed by atoms with E-state index in [-0.39, 0.29) is 11.5 Å². The van der Waals surface area contributed by atoms with E-state index in [4.69, 9.17) is 10.5 Å². The van der Waals surface area contributed by atoms with E-state index in [2.05, 4.69) is 0 Å². The predicted molar refractivity (Wildman–Crippen MR) is 54.9 cm³/mol. The molecule has 0 bridgehead atoms. The van der Waals surface area contributed by atoms with Gasteiger partial charge in [-0.05, 0) is 25.2 Å². The number of hydrogen-bond donors (Lipinski definition) is 2. The van der Waals surface area contributed by atoms with E-state index in [1.165, 1.54) is 25.7 Å². The molecule has 1 heterocycles. The summed E-state index contributed by atoms with van der Waals surface area (Å²) in [5.41, 5.74) is 5.67. The minimum atomic E-state index is -0.238. The summed E-state index contributed by atoms with van der Waals surface area (Å²) in [6.07, 6.45) is 5.57. The molecule has 3 N–H and O–H groups in total. The topological polar surface area (TPSA) is 55.5 Å². The van der Waals surface area contributed by atoms with Crippen molar-refractivity contribution in [2.24, 2.45) is 17.1 Å². The average molecular weight is 199 g/mol. The van der Waals surface area contributed by atoms with E-state index in [9.17, 15) is 5.11 Å². The lowest BCUT2D eigenvalue weighted by Gasteiger charge is -2.35. The summed E-state index contributed by atoms with van der Waals surface area (Å²) in [6.45, 7) is 1.98. The highest BCUT2D eigenvalue weighted by molar-refractivity contribution is 4.94. The fourth-order valence-corrected chi connectivity index (χ4v) is 2.91. The van der Waals surface area contributed by atoms with Gasteiger partial charge in [0, 0.05) is 18.6 Å².